The molecule has 2 aliphatic rings. The van der Waals surface area contributed by atoms with Crippen molar-refractivity contribution in [1.82, 2.24) is 0 Å². The normalized spacial score (nSPS) is 21.0. The smallest absolute Gasteiger partial charge is 0.281 e. The van der Waals surface area contributed by atoms with E-state index in [1.165, 1.54) is 24.3 Å². The standard InChI is InChI=1S/C10H5N3O7/c14-10-6(5-3-1-2-4-5)7(11(15)16)8(12(17)18)9(10)13(19)20/h1-4,7H. The van der Waals surface area contributed by atoms with Gasteiger partial charge in [-0.2, -0.15) is 0 Å². The molecule has 0 saturated carbocycles. The first-order valence-electron chi connectivity index (χ1n) is 5.16. The van der Waals surface area contributed by atoms with Gasteiger partial charge in [0.2, 0.25) is 0 Å². The fourth-order valence-corrected chi connectivity index (χ4v) is 2.04. The lowest BCUT2D eigenvalue weighted by molar-refractivity contribution is -0.550. The summed E-state index contributed by atoms with van der Waals surface area (Å²) in [5, 5.41) is 32.7. The van der Waals surface area contributed by atoms with Crippen LogP contribution in [0.15, 0.2) is 46.8 Å². The zero-order valence-corrected chi connectivity index (χ0v) is 9.59. The van der Waals surface area contributed by atoms with E-state index in [0.29, 0.717) is 0 Å². The number of nitro groups is 3. The highest BCUT2D eigenvalue weighted by Crippen LogP contribution is 2.34. The zero-order chi connectivity index (χ0) is 15.0. The Morgan fingerprint density at radius 1 is 0.950 bits per heavy atom. The molecule has 0 saturated heterocycles. The minimum Gasteiger partial charge on any atom is -0.281 e. The number of ketones is 1. The van der Waals surface area contributed by atoms with E-state index >= 15 is 0 Å². The molecule has 20 heavy (non-hydrogen) atoms. The molecule has 0 aromatic heterocycles. The summed E-state index contributed by atoms with van der Waals surface area (Å²) >= 11 is 0. The fourth-order valence-electron chi connectivity index (χ4n) is 2.04. The predicted octanol–water partition coefficient (Wildman–Crippen LogP) is 0.402. The van der Waals surface area contributed by atoms with Gasteiger partial charge in [0, 0.05) is 4.92 Å². The van der Waals surface area contributed by atoms with Crippen LogP contribution in [0.3, 0.4) is 0 Å². The van der Waals surface area contributed by atoms with Gasteiger partial charge in [-0.15, -0.1) is 0 Å². The monoisotopic (exact) mass is 279 g/mol. The first kappa shape index (κ1) is 13.3. The van der Waals surface area contributed by atoms with Crippen molar-refractivity contribution in [3.05, 3.63) is 77.2 Å². The largest absolute Gasteiger partial charge is 0.405 e. The summed E-state index contributed by atoms with van der Waals surface area (Å²) in [5.41, 5.74) is -3.15. The van der Waals surface area contributed by atoms with Crippen LogP contribution in [0, 0.1) is 30.3 Å². The van der Waals surface area contributed by atoms with Crippen molar-refractivity contribution in [3.8, 4) is 0 Å². The van der Waals surface area contributed by atoms with Crippen LogP contribution < -0.4 is 0 Å². The van der Waals surface area contributed by atoms with Gasteiger partial charge in [-0.3, -0.25) is 35.1 Å². The summed E-state index contributed by atoms with van der Waals surface area (Å²) < 4.78 is 0. The number of carbonyl (C=O) groups excluding carboxylic acids is 1. The molecule has 10 heteroatoms. The van der Waals surface area contributed by atoms with Crippen molar-refractivity contribution in [2.45, 2.75) is 6.04 Å². The number of hydrogen-bond donors (Lipinski definition) is 0. The second-order valence-electron chi connectivity index (χ2n) is 3.85. The second kappa shape index (κ2) is 4.50. The molecule has 10 nitrogen and oxygen atoms in total. The molecule has 1 atom stereocenters. The number of allylic oxidation sites excluding steroid dienone is 6. The summed E-state index contributed by atoms with van der Waals surface area (Å²) in [6, 6.07) is -2.14. The Balaban J connectivity index is 2.76. The maximum absolute atomic E-state index is 11.9. The van der Waals surface area contributed by atoms with Crippen molar-refractivity contribution in [1.29, 1.82) is 0 Å². The van der Waals surface area contributed by atoms with Crippen LogP contribution in [0.5, 0.6) is 0 Å². The number of hydrogen-bond acceptors (Lipinski definition) is 7. The second-order valence-corrected chi connectivity index (χ2v) is 3.85. The molecule has 0 radical (unpaired) electrons. The number of rotatable bonds is 3. The Morgan fingerprint density at radius 3 is 1.90 bits per heavy atom. The van der Waals surface area contributed by atoms with Crippen molar-refractivity contribution in [2.24, 2.45) is 0 Å². The van der Waals surface area contributed by atoms with Gasteiger partial charge < -0.3 is 0 Å². The fraction of sp³-hybridized carbons (Fsp3) is 0.100. The van der Waals surface area contributed by atoms with E-state index in [1.54, 1.807) is 0 Å². The molecule has 0 aliphatic heterocycles. The summed E-state index contributed by atoms with van der Waals surface area (Å²) in [6.45, 7) is 0. The van der Waals surface area contributed by atoms with Gasteiger partial charge in [0.05, 0.1) is 15.4 Å². The lowest BCUT2D eigenvalue weighted by Crippen LogP contribution is -2.26. The average Bonchev–Trinajstić information content (AvgIpc) is 2.92. The third-order valence-corrected chi connectivity index (χ3v) is 2.80. The van der Waals surface area contributed by atoms with Crippen LogP contribution in [0.1, 0.15) is 0 Å². The van der Waals surface area contributed by atoms with Crippen LogP contribution in [-0.4, -0.2) is 26.6 Å². The number of Topliss-reactive ketones (excluding diaryl/α,β-unsaturated/α-hetero) is 1. The molecular weight excluding hydrogens is 274 g/mol. The van der Waals surface area contributed by atoms with Crippen molar-refractivity contribution < 1.29 is 19.6 Å². The van der Waals surface area contributed by atoms with Crippen LogP contribution in [0.25, 0.3) is 0 Å². The molecule has 0 spiro atoms. The molecule has 0 heterocycles. The number of carbonyl (C=O) groups is 1. The van der Waals surface area contributed by atoms with Crippen LogP contribution >= 0.6 is 0 Å². The highest BCUT2D eigenvalue weighted by atomic mass is 16.7. The molecule has 2 aliphatic carbocycles. The topological polar surface area (TPSA) is 146 Å². The van der Waals surface area contributed by atoms with E-state index in [2.05, 4.69) is 0 Å². The molecule has 0 amide bonds. The van der Waals surface area contributed by atoms with Crippen LogP contribution in [0.4, 0.5) is 0 Å². The van der Waals surface area contributed by atoms with Gasteiger partial charge in [0.25, 0.3) is 5.78 Å². The van der Waals surface area contributed by atoms with E-state index in [-0.39, 0.29) is 5.57 Å². The van der Waals surface area contributed by atoms with E-state index in [9.17, 15) is 35.1 Å². The Morgan fingerprint density at radius 2 is 1.50 bits per heavy atom. The van der Waals surface area contributed by atoms with Gasteiger partial charge in [0.15, 0.2) is 0 Å². The molecule has 0 fully saturated rings. The van der Waals surface area contributed by atoms with Gasteiger partial charge >= 0.3 is 17.4 Å². The Kier molecular flexibility index (Phi) is 2.98. The highest BCUT2D eigenvalue weighted by molar-refractivity contribution is 6.12. The van der Waals surface area contributed by atoms with Crippen LogP contribution in [0.2, 0.25) is 0 Å². The lowest BCUT2D eigenvalue weighted by Gasteiger charge is -2.03. The summed E-state index contributed by atoms with van der Waals surface area (Å²) in [7, 11) is 0. The summed E-state index contributed by atoms with van der Waals surface area (Å²) in [6.07, 6.45) is 5.57. The minimum atomic E-state index is -2.14. The molecule has 0 N–H and O–H groups in total. The molecular formula is C10H5N3O7. The SMILES string of the molecule is O=C1C(=C2C=CC=C2)C([N+](=O)[O-])C([N+](=O)[O-])=C1[N+](=O)[O-]. The van der Waals surface area contributed by atoms with E-state index < -0.39 is 43.6 Å². The summed E-state index contributed by atoms with van der Waals surface area (Å²) in [5.74, 6) is -1.30. The Hall–Kier alpha value is -3.17. The van der Waals surface area contributed by atoms with Crippen LogP contribution in [-0.2, 0) is 4.79 Å². The zero-order valence-electron chi connectivity index (χ0n) is 9.59. The third kappa shape index (κ3) is 1.79. The first-order valence-corrected chi connectivity index (χ1v) is 5.16. The van der Waals surface area contributed by atoms with Crippen molar-refractivity contribution in [3.63, 3.8) is 0 Å². The van der Waals surface area contributed by atoms with Gasteiger partial charge in [0.1, 0.15) is 0 Å². The van der Waals surface area contributed by atoms with Crippen molar-refractivity contribution in [2.75, 3.05) is 0 Å². The molecule has 0 bridgehead atoms. The van der Waals surface area contributed by atoms with E-state index in [1.807, 2.05) is 0 Å². The molecule has 0 aromatic carbocycles. The first-order chi connectivity index (χ1) is 9.36. The third-order valence-electron chi connectivity index (χ3n) is 2.80. The maximum Gasteiger partial charge on any atom is 0.405 e. The van der Waals surface area contributed by atoms with E-state index in [0.717, 1.165) is 0 Å². The lowest BCUT2D eigenvalue weighted by atomic mass is 10.0. The Bertz CT molecular complexity index is 669. The van der Waals surface area contributed by atoms with Gasteiger partial charge in [-0.1, -0.05) is 24.3 Å². The molecule has 102 valence electrons. The summed E-state index contributed by atoms with van der Waals surface area (Å²) in [4.78, 5) is 41.0. The molecule has 0 aromatic rings. The van der Waals surface area contributed by atoms with E-state index in [4.69, 9.17) is 0 Å². The quantitative estimate of drug-likeness (QED) is 0.412. The van der Waals surface area contributed by atoms with Crippen molar-refractivity contribution >= 4 is 5.78 Å². The maximum atomic E-state index is 11.9. The highest BCUT2D eigenvalue weighted by Gasteiger charge is 2.60. The minimum absolute atomic E-state index is 0.0629. The molecule has 1 unspecified atom stereocenters. The average molecular weight is 279 g/mol. The predicted molar refractivity (Wildman–Crippen MR) is 62.1 cm³/mol. The van der Waals surface area contributed by atoms with Gasteiger partial charge in [-0.25, -0.2) is 0 Å². The Labute approximate surface area is 109 Å². The molecule has 2 rings (SSSR count). The van der Waals surface area contributed by atoms with Gasteiger partial charge in [-0.05, 0) is 5.57 Å². The number of nitrogens with zero attached hydrogens (tertiary/aromatic N) is 3.